The van der Waals surface area contributed by atoms with E-state index in [9.17, 15) is 13.2 Å². The lowest BCUT2D eigenvalue weighted by molar-refractivity contribution is -0.137. The van der Waals surface area contributed by atoms with Crippen molar-refractivity contribution in [2.24, 2.45) is 0 Å². The van der Waals surface area contributed by atoms with Crippen molar-refractivity contribution in [3.05, 3.63) is 40.1 Å². The van der Waals surface area contributed by atoms with Gasteiger partial charge in [0.05, 0.1) is 28.0 Å². The Kier molecular flexibility index (Phi) is 3.01. The van der Waals surface area contributed by atoms with Crippen LogP contribution in [-0.2, 0) is 6.18 Å². The molecule has 2 aromatic rings. The van der Waals surface area contributed by atoms with Gasteiger partial charge in [-0.1, -0.05) is 28.4 Å². The maximum Gasteiger partial charge on any atom is 0.416 e. The van der Waals surface area contributed by atoms with Gasteiger partial charge in [0.2, 0.25) is 0 Å². The van der Waals surface area contributed by atoms with Gasteiger partial charge >= 0.3 is 6.18 Å². The van der Waals surface area contributed by atoms with Crippen LogP contribution in [0.5, 0.6) is 0 Å². The number of benzene rings is 1. The van der Waals surface area contributed by atoms with Crippen molar-refractivity contribution in [3.63, 3.8) is 0 Å². The molecule has 1 heterocycles. The zero-order chi connectivity index (χ0) is 12.6. The molecule has 0 aliphatic rings. The van der Waals surface area contributed by atoms with E-state index in [1.54, 1.807) is 0 Å². The van der Waals surface area contributed by atoms with E-state index < -0.39 is 11.7 Å². The van der Waals surface area contributed by atoms with Gasteiger partial charge in [0.25, 0.3) is 0 Å². The summed E-state index contributed by atoms with van der Waals surface area (Å²) in [4.78, 5) is 0. The lowest BCUT2D eigenvalue weighted by Crippen LogP contribution is -2.07. The van der Waals surface area contributed by atoms with Crippen LogP contribution >= 0.6 is 23.2 Å². The number of alkyl halides is 3. The van der Waals surface area contributed by atoms with Crippen LogP contribution in [0.3, 0.4) is 0 Å². The molecule has 0 fully saturated rings. The van der Waals surface area contributed by atoms with Gasteiger partial charge in [-0.05, 0) is 12.1 Å². The Morgan fingerprint density at radius 2 is 1.71 bits per heavy atom. The Labute approximate surface area is 104 Å². The minimum absolute atomic E-state index is 0.143. The molecule has 0 aliphatic carbocycles. The van der Waals surface area contributed by atoms with Crippen molar-refractivity contribution in [1.82, 2.24) is 15.0 Å². The molecule has 0 saturated carbocycles. The van der Waals surface area contributed by atoms with Crippen molar-refractivity contribution < 1.29 is 13.2 Å². The molecule has 0 spiro atoms. The fraction of sp³-hybridized carbons (Fsp3) is 0.111. The molecule has 0 N–H and O–H groups in total. The number of hydrogen-bond acceptors (Lipinski definition) is 2. The monoisotopic (exact) mass is 281 g/mol. The van der Waals surface area contributed by atoms with E-state index in [4.69, 9.17) is 23.2 Å². The van der Waals surface area contributed by atoms with Crippen molar-refractivity contribution in [2.45, 2.75) is 6.18 Å². The van der Waals surface area contributed by atoms with Crippen LogP contribution in [0.2, 0.25) is 10.0 Å². The lowest BCUT2D eigenvalue weighted by atomic mass is 10.2. The average Bonchev–Trinajstić information content (AvgIpc) is 2.68. The zero-order valence-electron chi connectivity index (χ0n) is 8.04. The summed E-state index contributed by atoms with van der Waals surface area (Å²) in [6, 6.07) is 1.59. The Morgan fingerprint density at radius 1 is 1.12 bits per heavy atom. The predicted octanol–water partition coefficient (Wildman–Crippen LogP) is 3.59. The molecule has 17 heavy (non-hydrogen) atoms. The van der Waals surface area contributed by atoms with Gasteiger partial charge in [0.15, 0.2) is 0 Å². The van der Waals surface area contributed by atoms with Gasteiger partial charge in [-0.2, -0.15) is 13.2 Å². The van der Waals surface area contributed by atoms with E-state index in [2.05, 4.69) is 10.3 Å². The molecule has 0 aliphatic heterocycles. The smallest absolute Gasteiger partial charge is 0.218 e. The Hall–Kier alpha value is -1.27. The first-order valence-corrected chi connectivity index (χ1v) is 5.08. The highest BCUT2D eigenvalue weighted by Crippen LogP contribution is 2.37. The first-order valence-electron chi connectivity index (χ1n) is 4.32. The fourth-order valence-corrected chi connectivity index (χ4v) is 1.94. The Balaban J connectivity index is 2.58. The van der Waals surface area contributed by atoms with Crippen LogP contribution in [-0.4, -0.2) is 15.0 Å². The number of rotatable bonds is 1. The molecule has 0 amide bonds. The predicted molar refractivity (Wildman–Crippen MR) is 56.4 cm³/mol. The topological polar surface area (TPSA) is 30.7 Å². The minimum atomic E-state index is -4.49. The second-order valence-corrected chi connectivity index (χ2v) is 3.95. The van der Waals surface area contributed by atoms with Crippen molar-refractivity contribution in [2.75, 3.05) is 0 Å². The second-order valence-electron chi connectivity index (χ2n) is 3.13. The van der Waals surface area contributed by atoms with E-state index in [0.29, 0.717) is 0 Å². The highest BCUT2D eigenvalue weighted by molar-refractivity contribution is 6.37. The maximum absolute atomic E-state index is 12.5. The molecule has 0 bridgehead atoms. The van der Waals surface area contributed by atoms with Crippen LogP contribution in [0.25, 0.3) is 5.69 Å². The minimum Gasteiger partial charge on any atom is -0.218 e. The standard InChI is InChI=1S/C9H4Cl2F3N3/c10-6-3-5(9(12,13)14)4-7(11)8(6)17-2-1-15-16-17/h1-4H. The van der Waals surface area contributed by atoms with E-state index in [0.717, 1.165) is 12.1 Å². The maximum atomic E-state index is 12.5. The van der Waals surface area contributed by atoms with Gasteiger partial charge in [-0.25, -0.2) is 4.68 Å². The average molecular weight is 282 g/mol. The Bertz CT molecular complexity index is 514. The summed E-state index contributed by atoms with van der Waals surface area (Å²) in [5, 5.41) is 6.86. The molecule has 3 nitrogen and oxygen atoms in total. The molecule has 8 heteroatoms. The molecule has 1 aromatic carbocycles. The first kappa shape index (κ1) is 12.2. The summed E-state index contributed by atoms with van der Waals surface area (Å²) in [7, 11) is 0. The normalized spacial score (nSPS) is 11.8. The van der Waals surface area contributed by atoms with E-state index in [1.807, 2.05) is 0 Å². The largest absolute Gasteiger partial charge is 0.416 e. The number of hydrogen-bond donors (Lipinski definition) is 0. The summed E-state index contributed by atoms with van der Waals surface area (Å²) >= 11 is 11.5. The van der Waals surface area contributed by atoms with E-state index in [1.165, 1.54) is 17.1 Å². The Morgan fingerprint density at radius 3 is 2.12 bits per heavy atom. The van der Waals surface area contributed by atoms with Crippen LogP contribution in [0.1, 0.15) is 5.56 Å². The third kappa shape index (κ3) is 2.37. The summed E-state index contributed by atoms with van der Waals surface area (Å²) in [5.74, 6) is 0. The molecular weight excluding hydrogens is 278 g/mol. The fourth-order valence-electron chi connectivity index (χ4n) is 1.28. The zero-order valence-corrected chi connectivity index (χ0v) is 9.55. The number of nitrogens with zero attached hydrogens (tertiary/aromatic N) is 3. The molecule has 90 valence electrons. The quantitative estimate of drug-likeness (QED) is 0.800. The van der Waals surface area contributed by atoms with Gasteiger partial charge in [-0.3, -0.25) is 0 Å². The molecule has 0 unspecified atom stereocenters. The first-order chi connectivity index (χ1) is 7.89. The molecule has 0 radical (unpaired) electrons. The van der Waals surface area contributed by atoms with E-state index in [-0.39, 0.29) is 15.7 Å². The highest BCUT2D eigenvalue weighted by atomic mass is 35.5. The highest BCUT2D eigenvalue weighted by Gasteiger charge is 2.32. The molecule has 0 atom stereocenters. The van der Waals surface area contributed by atoms with Gasteiger partial charge < -0.3 is 0 Å². The van der Waals surface area contributed by atoms with Crippen LogP contribution in [0, 0.1) is 0 Å². The second kappa shape index (κ2) is 4.19. The van der Waals surface area contributed by atoms with Gasteiger partial charge in [0.1, 0.15) is 5.69 Å². The molecule has 2 rings (SSSR count). The lowest BCUT2D eigenvalue weighted by Gasteiger charge is -2.11. The molecule has 1 aromatic heterocycles. The van der Waals surface area contributed by atoms with Crippen molar-refractivity contribution in [3.8, 4) is 5.69 Å². The van der Waals surface area contributed by atoms with Crippen LogP contribution in [0.4, 0.5) is 13.2 Å². The third-order valence-electron chi connectivity index (χ3n) is 2.00. The summed E-state index contributed by atoms with van der Waals surface area (Å²) in [6.07, 6.45) is -1.70. The summed E-state index contributed by atoms with van der Waals surface area (Å²) < 4.78 is 38.6. The molecular formula is C9H4Cl2F3N3. The SMILES string of the molecule is FC(F)(F)c1cc(Cl)c(-n2ccnn2)c(Cl)c1. The van der Waals surface area contributed by atoms with Crippen LogP contribution in [0.15, 0.2) is 24.5 Å². The third-order valence-corrected chi connectivity index (χ3v) is 2.57. The van der Waals surface area contributed by atoms with Crippen molar-refractivity contribution >= 4 is 23.2 Å². The van der Waals surface area contributed by atoms with E-state index >= 15 is 0 Å². The number of halogens is 5. The van der Waals surface area contributed by atoms with Crippen LogP contribution < -0.4 is 0 Å². The van der Waals surface area contributed by atoms with Crippen molar-refractivity contribution in [1.29, 1.82) is 0 Å². The summed E-state index contributed by atoms with van der Waals surface area (Å²) in [6.45, 7) is 0. The number of aromatic nitrogens is 3. The van der Waals surface area contributed by atoms with Gasteiger partial charge in [-0.15, -0.1) is 5.10 Å². The molecule has 0 saturated heterocycles. The summed E-state index contributed by atoms with van der Waals surface area (Å²) in [5.41, 5.74) is -0.741. The van der Waals surface area contributed by atoms with Gasteiger partial charge in [0, 0.05) is 0 Å².